The fourth-order valence-electron chi connectivity index (χ4n) is 2.59. The van der Waals surface area contributed by atoms with Crippen LogP contribution in [0.1, 0.15) is 19.4 Å². The zero-order valence-electron chi connectivity index (χ0n) is 15.8. The van der Waals surface area contributed by atoms with E-state index in [2.05, 4.69) is 10.6 Å². The van der Waals surface area contributed by atoms with E-state index in [-0.39, 0.29) is 23.0 Å². The summed E-state index contributed by atoms with van der Waals surface area (Å²) >= 11 is 5.87. The van der Waals surface area contributed by atoms with Crippen molar-refractivity contribution in [3.05, 3.63) is 65.2 Å². The molecule has 1 amide bonds. The van der Waals surface area contributed by atoms with Crippen LogP contribution < -0.4 is 10.6 Å². The molecule has 4 nitrogen and oxygen atoms in total. The first-order valence-corrected chi connectivity index (χ1v) is 9.24. The Kier molecular flexibility index (Phi) is 7.34. The number of hydrogen-bond donors (Lipinski definition) is 3. The fraction of sp³-hybridized carbons (Fsp3) is 0.190. The van der Waals surface area contributed by atoms with Gasteiger partial charge in [0, 0.05) is 11.1 Å². The molecule has 29 heavy (non-hydrogen) atoms. The molecule has 154 valence electrons. The van der Waals surface area contributed by atoms with Crippen molar-refractivity contribution in [3.63, 3.8) is 0 Å². The standard InChI is InChI=1S/C19H14ClF3N2O2.C2H6/c20-15-7-4-12(19(21,22)23)9-17(15)25-18(27)10-24-16-3-1-2-11-8-13(26)5-6-14(11)16;1-2/h1-9,24,26H,10H2,(H,25,27);1-2H3. The van der Waals surface area contributed by atoms with E-state index in [1.54, 1.807) is 24.3 Å². The molecule has 3 rings (SSSR count). The number of aromatic hydroxyl groups is 1. The molecule has 0 fully saturated rings. The van der Waals surface area contributed by atoms with Crippen LogP contribution in [0.5, 0.6) is 5.75 Å². The van der Waals surface area contributed by atoms with Gasteiger partial charge in [0.05, 0.1) is 22.8 Å². The van der Waals surface area contributed by atoms with Crippen molar-refractivity contribution in [3.8, 4) is 5.75 Å². The van der Waals surface area contributed by atoms with E-state index in [1.807, 2.05) is 19.9 Å². The molecule has 8 heteroatoms. The molecule has 0 aliphatic rings. The van der Waals surface area contributed by atoms with Crippen molar-refractivity contribution < 1.29 is 23.1 Å². The van der Waals surface area contributed by atoms with Gasteiger partial charge in [0.25, 0.3) is 0 Å². The number of alkyl halides is 3. The van der Waals surface area contributed by atoms with Crippen molar-refractivity contribution in [1.82, 2.24) is 0 Å². The number of benzene rings is 3. The summed E-state index contributed by atoms with van der Waals surface area (Å²) in [5.41, 5.74) is -0.358. The molecule has 0 aromatic heterocycles. The van der Waals surface area contributed by atoms with Crippen LogP contribution in [0.25, 0.3) is 10.8 Å². The highest BCUT2D eigenvalue weighted by Gasteiger charge is 2.31. The van der Waals surface area contributed by atoms with Gasteiger partial charge in [0.2, 0.25) is 5.91 Å². The number of carbonyl (C=O) groups is 1. The van der Waals surface area contributed by atoms with Gasteiger partial charge in [-0.1, -0.05) is 37.6 Å². The zero-order valence-corrected chi connectivity index (χ0v) is 16.5. The van der Waals surface area contributed by atoms with Crippen molar-refractivity contribution in [2.75, 3.05) is 17.2 Å². The molecular formula is C21H20ClF3N2O2. The molecule has 0 bridgehead atoms. The lowest BCUT2D eigenvalue weighted by molar-refractivity contribution is -0.137. The smallest absolute Gasteiger partial charge is 0.416 e. The van der Waals surface area contributed by atoms with Gasteiger partial charge in [0.15, 0.2) is 0 Å². The highest BCUT2D eigenvalue weighted by atomic mass is 35.5. The number of hydrogen-bond acceptors (Lipinski definition) is 3. The quantitative estimate of drug-likeness (QED) is 0.461. The lowest BCUT2D eigenvalue weighted by Crippen LogP contribution is -2.22. The monoisotopic (exact) mass is 424 g/mol. The highest BCUT2D eigenvalue weighted by Crippen LogP contribution is 2.34. The van der Waals surface area contributed by atoms with E-state index >= 15 is 0 Å². The molecule has 0 spiro atoms. The third-order valence-electron chi connectivity index (χ3n) is 3.87. The van der Waals surface area contributed by atoms with E-state index in [1.165, 1.54) is 6.07 Å². The average Bonchev–Trinajstić information content (AvgIpc) is 2.68. The summed E-state index contributed by atoms with van der Waals surface area (Å²) in [6.45, 7) is 3.83. The third-order valence-corrected chi connectivity index (χ3v) is 4.20. The first-order chi connectivity index (χ1) is 13.7. The molecule has 0 unspecified atom stereocenters. The van der Waals surface area contributed by atoms with E-state index < -0.39 is 17.6 Å². The van der Waals surface area contributed by atoms with Gasteiger partial charge in [-0.2, -0.15) is 13.2 Å². The molecule has 0 aliphatic heterocycles. The third kappa shape index (κ3) is 5.77. The molecule has 0 saturated carbocycles. The van der Waals surface area contributed by atoms with Gasteiger partial charge < -0.3 is 15.7 Å². The second-order valence-corrected chi connectivity index (χ2v) is 6.21. The highest BCUT2D eigenvalue weighted by molar-refractivity contribution is 6.33. The van der Waals surface area contributed by atoms with Crippen LogP contribution in [0, 0.1) is 0 Å². The number of rotatable bonds is 4. The summed E-state index contributed by atoms with van der Waals surface area (Å²) in [5.74, 6) is -0.427. The maximum atomic E-state index is 12.8. The summed E-state index contributed by atoms with van der Waals surface area (Å²) in [6, 6.07) is 12.9. The second kappa shape index (κ2) is 9.52. The Bertz CT molecular complexity index is 1010. The summed E-state index contributed by atoms with van der Waals surface area (Å²) < 4.78 is 38.4. The molecule has 3 N–H and O–H groups in total. The fourth-order valence-corrected chi connectivity index (χ4v) is 2.76. The maximum Gasteiger partial charge on any atom is 0.416 e. The molecule has 0 heterocycles. The zero-order chi connectivity index (χ0) is 21.6. The minimum atomic E-state index is -4.53. The maximum absolute atomic E-state index is 12.8. The number of phenols is 1. The van der Waals surface area contributed by atoms with Crippen LogP contribution in [0.15, 0.2) is 54.6 Å². The Labute approximate surface area is 171 Å². The topological polar surface area (TPSA) is 61.4 Å². The van der Waals surface area contributed by atoms with Crippen molar-refractivity contribution in [2.45, 2.75) is 20.0 Å². The summed E-state index contributed by atoms with van der Waals surface area (Å²) in [5, 5.41) is 16.4. The number of halogens is 4. The van der Waals surface area contributed by atoms with Gasteiger partial charge in [-0.3, -0.25) is 4.79 Å². The number of nitrogens with one attached hydrogen (secondary N) is 2. The van der Waals surface area contributed by atoms with Gasteiger partial charge in [-0.15, -0.1) is 0 Å². The van der Waals surface area contributed by atoms with Crippen LogP contribution in [0.4, 0.5) is 24.5 Å². The van der Waals surface area contributed by atoms with Crippen LogP contribution in [-0.2, 0) is 11.0 Å². The minimum absolute atomic E-state index is 0.0111. The van der Waals surface area contributed by atoms with Crippen LogP contribution in [-0.4, -0.2) is 17.6 Å². The molecule has 3 aromatic carbocycles. The Hall–Kier alpha value is -2.93. The predicted molar refractivity (Wildman–Crippen MR) is 111 cm³/mol. The number of carbonyl (C=O) groups excluding carboxylic acids is 1. The van der Waals surface area contributed by atoms with E-state index in [0.717, 1.165) is 29.0 Å². The molecule has 0 saturated heterocycles. The first kappa shape index (κ1) is 22.4. The van der Waals surface area contributed by atoms with Gasteiger partial charge in [-0.25, -0.2) is 0 Å². The minimum Gasteiger partial charge on any atom is -0.508 e. The Morgan fingerprint density at radius 1 is 1.03 bits per heavy atom. The number of fused-ring (bicyclic) bond motifs is 1. The Morgan fingerprint density at radius 3 is 2.45 bits per heavy atom. The number of phenolic OH excluding ortho intramolecular Hbond substituents is 1. The largest absolute Gasteiger partial charge is 0.508 e. The van der Waals surface area contributed by atoms with Gasteiger partial charge >= 0.3 is 6.18 Å². The number of amides is 1. The predicted octanol–water partition coefficient (Wildman–Crippen LogP) is 6.29. The van der Waals surface area contributed by atoms with Crippen LogP contribution in [0.2, 0.25) is 5.02 Å². The summed E-state index contributed by atoms with van der Waals surface area (Å²) in [7, 11) is 0. The average molecular weight is 425 g/mol. The lowest BCUT2D eigenvalue weighted by Gasteiger charge is -2.13. The summed E-state index contributed by atoms with van der Waals surface area (Å²) in [4.78, 5) is 12.1. The summed E-state index contributed by atoms with van der Waals surface area (Å²) in [6.07, 6.45) is -4.53. The van der Waals surface area contributed by atoms with Gasteiger partial charge in [0.1, 0.15) is 5.75 Å². The molecule has 0 atom stereocenters. The first-order valence-electron chi connectivity index (χ1n) is 8.86. The van der Waals surface area contributed by atoms with Gasteiger partial charge in [-0.05, 0) is 47.9 Å². The van der Waals surface area contributed by atoms with E-state index in [9.17, 15) is 23.1 Å². The van der Waals surface area contributed by atoms with E-state index in [4.69, 9.17) is 11.6 Å². The molecule has 0 radical (unpaired) electrons. The second-order valence-electron chi connectivity index (χ2n) is 5.81. The van der Waals surface area contributed by atoms with Crippen molar-refractivity contribution >= 4 is 39.7 Å². The van der Waals surface area contributed by atoms with Crippen molar-refractivity contribution in [2.24, 2.45) is 0 Å². The van der Waals surface area contributed by atoms with Crippen LogP contribution >= 0.6 is 11.6 Å². The van der Waals surface area contributed by atoms with Crippen LogP contribution in [0.3, 0.4) is 0 Å². The van der Waals surface area contributed by atoms with E-state index in [0.29, 0.717) is 5.69 Å². The molecule has 0 aliphatic carbocycles. The molecule has 3 aromatic rings. The Balaban J connectivity index is 0.00000145. The SMILES string of the molecule is CC.O=C(CNc1cccc2cc(O)ccc12)Nc1cc(C(F)(F)F)ccc1Cl. The lowest BCUT2D eigenvalue weighted by atomic mass is 10.1. The number of anilines is 2. The van der Waals surface area contributed by atoms with Crippen molar-refractivity contribution in [1.29, 1.82) is 0 Å². The Morgan fingerprint density at radius 2 is 1.76 bits per heavy atom. The molecular weight excluding hydrogens is 405 g/mol. The normalized spacial score (nSPS) is 10.8.